The molecule has 18 heavy (non-hydrogen) atoms. The van der Waals surface area contributed by atoms with Gasteiger partial charge in [-0.25, -0.2) is 0 Å². The van der Waals surface area contributed by atoms with Crippen LogP contribution in [0.15, 0.2) is 22.7 Å². The Bertz CT molecular complexity index is 489. The average Bonchev–Trinajstić information content (AvgIpc) is 2.97. The van der Waals surface area contributed by atoms with E-state index in [1.807, 2.05) is 25.4 Å². The summed E-state index contributed by atoms with van der Waals surface area (Å²) in [5, 5.41) is 11.5. The molecule has 0 saturated carbocycles. The smallest absolute Gasteiger partial charge is 0.121 e. The Morgan fingerprint density at radius 1 is 1.39 bits per heavy atom. The number of likely N-dealkylation sites (N-methyl/N-ethyl adjacent to an activating group) is 1. The summed E-state index contributed by atoms with van der Waals surface area (Å²) in [6.07, 6.45) is 3.65. The molecule has 1 atom stereocenters. The molecule has 2 heterocycles. The van der Waals surface area contributed by atoms with E-state index in [2.05, 4.69) is 29.5 Å². The summed E-state index contributed by atoms with van der Waals surface area (Å²) in [5.41, 5.74) is 0.970. The van der Waals surface area contributed by atoms with Gasteiger partial charge in [0.05, 0.1) is 11.7 Å². The molecule has 0 aliphatic rings. The predicted molar refractivity (Wildman–Crippen MR) is 69.2 cm³/mol. The lowest BCUT2D eigenvalue weighted by Crippen LogP contribution is -2.22. The lowest BCUT2D eigenvalue weighted by atomic mass is 10.1. The molecule has 0 aliphatic carbocycles. The SMILES string of the molecule is CCNC(Cc1cn(C)nn1)c1ccc(CC)o1. The standard InChI is InChI=1S/C13H20N4O/c1-4-11-6-7-13(18-11)12(14-5-2)8-10-9-17(3)16-15-10/h6-7,9,12,14H,4-5,8H2,1-3H3. The number of furan rings is 1. The van der Waals surface area contributed by atoms with Crippen LogP contribution in [0.25, 0.3) is 0 Å². The molecular weight excluding hydrogens is 228 g/mol. The number of aromatic nitrogens is 3. The number of nitrogens with one attached hydrogen (secondary N) is 1. The topological polar surface area (TPSA) is 55.9 Å². The molecule has 1 N–H and O–H groups in total. The molecule has 2 rings (SSSR count). The van der Waals surface area contributed by atoms with Gasteiger partial charge in [0.2, 0.25) is 0 Å². The van der Waals surface area contributed by atoms with Gasteiger partial charge < -0.3 is 9.73 Å². The third-order valence-electron chi connectivity index (χ3n) is 2.89. The highest BCUT2D eigenvalue weighted by Crippen LogP contribution is 2.20. The Morgan fingerprint density at radius 2 is 2.22 bits per heavy atom. The normalized spacial score (nSPS) is 12.8. The summed E-state index contributed by atoms with van der Waals surface area (Å²) >= 11 is 0. The van der Waals surface area contributed by atoms with Crippen molar-refractivity contribution >= 4 is 0 Å². The second-order valence-electron chi connectivity index (χ2n) is 4.36. The minimum atomic E-state index is 0.159. The zero-order valence-corrected chi connectivity index (χ0v) is 11.2. The fourth-order valence-corrected chi connectivity index (χ4v) is 1.99. The molecule has 0 fully saturated rings. The number of aryl methyl sites for hydroxylation is 2. The van der Waals surface area contributed by atoms with Crippen LogP contribution in [0.2, 0.25) is 0 Å². The summed E-state index contributed by atoms with van der Waals surface area (Å²) in [7, 11) is 1.88. The maximum Gasteiger partial charge on any atom is 0.121 e. The van der Waals surface area contributed by atoms with Crippen LogP contribution in [-0.2, 0) is 19.9 Å². The molecule has 2 aromatic rings. The van der Waals surface area contributed by atoms with Crippen molar-refractivity contribution in [3.8, 4) is 0 Å². The maximum absolute atomic E-state index is 5.81. The summed E-state index contributed by atoms with van der Waals surface area (Å²) in [5.74, 6) is 1.99. The van der Waals surface area contributed by atoms with Gasteiger partial charge in [0.15, 0.2) is 0 Å². The second-order valence-corrected chi connectivity index (χ2v) is 4.36. The highest BCUT2D eigenvalue weighted by Gasteiger charge is 2.16. The van der Waals surface area contributed by atoms with Crippen LogP contribution in [0.5, 0.6) is 0 Å². The Kier molecular flexibility index (Phi) is 4.15. The highest BCUT2D eigenvalue weighted by atomic mass is 16.3. The predicted octanol–water partition coefficient (Wildman–Crippen LogP) is 1.86. The molecule has 5 nitrogen and oxygen atoms in total. The van der Waals surface area contributed by atoms with Crippen LogP contribution in [0.3, 0.4) is 0 Å². The fraction of sp³-hybridized carbons (Fsp3) is 0.538. The summed E-state index contributed by atoms with van der Waals surface area (Å²) in [4.78, 5) is 0. The summed E-state index contributed by atoms with van der Waals surface area (Å²) < 4.78 is 7.53. The van der Waals surface area contributed by atoms with E-state index in [0.717, 1.165) is 36.6 Å². The second kappa shape index (κ2) is 5.82. The molecule has 1 unspecified atom stereocenters. The van der Waals surface area contributed by atoms with E-state index < -0.39 is 0 Å². The first-order valence-electron chi connectivity index (χ1n) is 6.40. The third-order valence-corrected chi connectivity index (χ3v) is 2.89. The van der Waals surface area contributed by atoms with Crippen LogP contribution in [-0.4, -0.2) is 21.5 Å². The molecule has 0 radical (unpaired) electrons. The van der Waals surface area contributed by atoms with Gasteiger partial charge >= 0.3 is 0 Å². The van der Waals surface area contributed by atoms with Crippen LogP contribution < -0.4 is 5.32 Å². The lowest BCUT2D eigenvalue weighted by molar-refractivity contribution is 0.395. The molecule has 0 bridgehead atoms. The molecule has 98 valence electrons. The molecule has 0 aromatic carbocycles. The van der Waals surface area contributed by atoms with Crippen LogP contribution in [0.4, 0.5) is 0 Å². The highest BCUT2D eigenvalue weighted by molar-refractivity contribution is 5.13. The first kappa shape index (κ1) is 12.8. The number of hydrogen-bond acceptors (Lipinski definition) is 4. The first-order valence-corrected chi connectivity index (χ1v) is 6.40. The quantitative estimate of drug-likeness (QED) is 0.848. The molecule has 0 aliphatic heterocycles. The van der Waals surface area contributed by atoms with E-state index in [9.17, 15) is 0 Å². The minimum Gasteiger partial charge on any atom is -0.464 e. The average molecular weight is 248 g/mol. The monoisotopic (exact) mass is 248 g/mol. The van der Waals surface area contributed by atoms with E-state index in [0.29, 0.717) is 0 Å². The van der Waals surface area contributed by atoms with Gasteiger partial charge in [-0.3, -0.25) is 4.68 Å². The van der Waals surface area contributed by atoms with Crippen LogP contribution >= 0.6 is 0 Å². The van der Waals surface area contributed by atoms with Crippen molar-refractivity contribution in [1.82, 2.24) is 20.3 Å². The molecule has 0 spiro atoms. The molecule has 0 saturated heterocycles. The van der Waals surface area contributed by atoms with E-state index in [4.69, 9.17) is 4.42 Å². The van der Waals surface area contributed by atoms with E-state index in [1.54, 1.807) is 4.68 Å². The zero-order valence-electron chi connectivity index (χ0n) is 11.2. The van der Waals surface area contributed by atoms with Gasteiger partial charge in [-0.05, 0) is 18.7 Å². The first-order chi connectivity index (χ1) is 8.72. The van der Waals surface area contributed by atoms with Crippen molar-refractivity contribution < 1.29 is 4.42 Å². The van der Waals surface area contributed by atoms with Crippen molar-refractivity contribution in [2.75, 3.05) is 6.54 Å². The Labute approximate surface area is 107 Å². The van der Waals surface area contributed by atoms with E-state index in [-0.39, 0.29) is 6.04 Å². The lowest BCUT2D eigenvalue weighted by Gasteiger charge is -2.13. The van der Waals surface area contributed by atoms with Crippen molar-refractivity contribution in [3.63, 3.8) is 0 Å². The largest absolute Gasteiger partial charge is 0.464 e. The maximum atomic E-state index is 5.81. The molecular formula is C13H20N4O. The van der Waals surface area contributed by atoms with Gasteiger partial charge in [-0.15, -0.1) is 5.10 Å². The van der Waals surface area contributed by atoms with Gasteiger partial charge in [-0.1, -0.05) is 19.1 Å². The van der Waals surface area contributed by atoms with Crippen LogP contribution in [0.1, 0.15) is 37.1 Å². The number of rotatable bonds is 6. The van der Waals surface area contributed by atoms with Crippen molar-refractivity contribution in [2.45, 2.75) is 32.7 Å². The Morgan fingerprint density at radius 3 is 2.78 bits per heavy atom. The third kappa shape index (κ3) is 2.98. The van der Waals surface area contributed by atoms with Crippen molar-refractivity contribution in [1.29, 1.82) is 0 Å². The van der Waals surface area contributed by atoms with Crippen molar-refractivity contribution in [3.05, 3.63) is 35.5 Å². The number of hydrogen-bond donors (Lipinski definition) is 1. The molecule has 2 aromatic heterocycles. The van der Waals surface area contributed by atoms with Gasteiger partial charge in [0, 0.05) is 26.1 Å². The van der Waals surface area contributed by atoms with Gasteiger partial charge in [-0.2, -0.15) is 0 Å². The van der Waals surface area contributed by atoms with Crippen molar-refractivity contribution in [2.24, 2.45) is 7.05 Å². The van der Waals surface area contributed by atoms with E-state index >= 15 is 0 Å². The summed E-state index contributed by atoms with van der Waals surface area (Å²) in [6.45, 7) is 5.08. The Hall–Kier alpha value is -1.62. The van der Waals surface area contributed by atoms with Crippen LogP contribution in [0, 0.1) is 0 Å². The van der Waals surface area contributed by atoms with E-state index in [1.165, 1.54) is 0 Å². The number of nitrogens with zero attached hydrogens (tertiary/aromatic N) is 3. The Balaban J connectivity index is 2.12. The minimum absolute atomic E-state index is 0.159. The van der Waals surface area contributed by atoms with Gasteiger partial charge in [0.25, 0.3) is 0 Å². The van der Waals surface area contributed by atoms with Gasteiger partial charge in [0.1, 0.15) is 11.5 Å². The molecule has 5 heteroatoms. The molecule has 0 amide bonds. The zero-order chi connectivity index (χ0) is 13.0. The summed E-state index contributed by atoms with van der Waals surface area (Å²) in [6, 6.07) is 4.24. The fourth-order valence-electron chi connectivity index (χ4n) is 1.99.